The van der Waals surface area contributed by atoms with Gasteiger partial charge in [-0.15, -0.1) is 0 Å². The third kappa shape index (κ3) is 2.98. The minimum atomic E-state index is -0.735. The SMILES string of the molecule is Cc1ccccc1[C@@]1(CC(=O)O)CCOC(C)(C)C1. The third-order valence-corrected chi connectivity index (χ3v) is 4.04. The van der Waals surface area contributed by atoms with Crippen molar-refractivity contribution >= 4 is 5.97 Å². The molecule has 1 heterocycles. The molecule has 1 N–H and O–H groups in total. The number of aliphatic carboxylic acids is 1. The van der Waals surface area contributed by atoms with Gasteiger partial charge in [-0.3, -0.25) is 4.79 Å². The average Bonchev–Trinajstić information content (AvgIpc) is 2.26. The third-order valence-electron chi connectivity index (χ3n) is 4.04. The van der Waals surface area contributed by atoms with Crippen LogP contribution < -0.4 is 0 Å². The summed E-state index contributed by atoms with van der Waals surface area (Å²) in [7, 11) is 0. The molecule has 1 fully saturated rings. The summed E-state index contributed by atoms with van der Waals surface area (Å²) < 4.78 is 5.77. The Bertz CT molecular complexity index is 479. The van der Waals surface area contributed by atoms with E-state index in [0.717, 1.165) is 18.4 Å². The van der Waals surface area contributed by atoms with Gasteiger partial charge in [-0.25, -0.2) is 0 Å². The van der Waals surface area contributed by atoms with Crippen LogP contribution in [0.25, 0.3) is 0 Å². The second-order valence-electron chi connectivity index (χ2n) is 6.20. The van der Waals surface area contributed by atoms with Crippen molar-refractivity contribution in [1.29, 1.82) is 0 Å². The maximum Gasteiger partial charge on any atom is 0.304 e. The van der Waals surface area contributed by atoms with Gasteiger partial charge in [0.15, 0.2) is 0 Å². The topological polar surface area (TPSA) is 46.5 Å². The van der Waals surface area contributed by atoms with Gasteiger partial charge in [-0.05, 0) is 44.7 Å². The number of carboxylic acids is 1. The summed E-state index contributed by atoms with van der Waals surface area (Å²) in [6.07, 6.45) is 1.69. The average molecular weight is 262 g/mol. The molecule has 0 bridgehead atoms. The van der Waals surface area contributed by atoms with Gasteiger partial charge in [0.25, 0.3) is 0 Å². The summed E-state index contributed by atoms with van der Waals surface area (Å²) in [5.74, 6) is -0.735. The highest BCUT2D eigenvalue weighted by atomic mass is 16.5. The molecule has 3 nitrogen and oxygen atoms in total. The summed E-state index contributed by atoms with van der Waals surface area (Å²) in [6.45, 7) is 6.76. The molecule has 1 aliphatic heterocycles. The molecule has 0 aromatic heterocycles. The van der Waals surface area contributed by atoms with Crippen LogP contribution in [-0.2, 0) is 14.9 Å². The standard InChI is InChI=1S/C16H22O3/c1-12-6-4-5-7-13(12)16(10-14(17)18)8-9-19-15(2,3)11-16/h4-7H,8-11H2,1-3H3,(H,17,18)/t16-/m1/s1. The molecule has 0 radical (unpaired) electrons. The van der Waals surface area contributed by atoms with Crippen LogP contribution in [0.5, 0.6) is 0 Å². The molecule has 1 atom stereocenters. The summed E-state index contributed by atoms with van der Waals surface area (Å²) in [5, 5.41) is 9.31. The van der Waals surface area contributed by atoms with E-state index in [9.17, 15) is 9.90 Å². The maximum absolute atomic E-state index is 11.3. The molecule has 1 aromatic rings. The van der Waals surface area contributed by atoms with E-state index >= 15 is 0 Å². The Labute approximate surface area is 114 Å². The minimum Gasteiger partial charge on any atom is -0.481 e. The fraction of sp³-hybridized carbons (Fsp3) is 0.562. The van der Waals surface area contributed by atoms with Crippen LogP contribution in [0.3, 0.4) is 0 Å². The zero-order valence-corrected chi connectivity index (χ0v) is 11.9. The van der Waals surface area contributed by atoms with Crippen molar-refractivity contribution in [3.05, 3.63) is 35.4 Å². The maximum atomic E-state index is 11.3. The number of carbonyl (C=O) groups is 1. The van der Waals surface area contributed by atoms with E-state index in [1.165, 1.54) is 5.56 Å². The van der Waals surface area contributed by atoms with E-state index in [0.29, 0.717) is 6.61 Å². The molecule has 1 aromatic carbocycles. The zero-order valence-electron chi connectivity index (χ0n) is 11.9. The fourth-order valence-electron chi connectivity index (χ4n) is 3.41. The van der Waals surface area contributed by atoms with Gasteiger partial charge in [-0.1, -0.05) is 24.3 Å². The molecule has 1 saturated heterocycles. The molecule has 19 heavy (non-hydrogen) atoms. The van der Waals surface area contributed by atoms with Crippen LogP contribution in [0.2, 0.25) is 0 Å². The monoisotopic (exact) mass is 262 g/mol. The van der Waals surface area contributed by atoms with Crippen molar-refractivity contribution in [2.24, 2.45) is 0 Å². The first kappa shape index (κ1) is 14.1. The summed E-state index contributed by atoms with van der Waals surface area (Å²) in [5.41, 5.74) is 1.75. The van der Waals surface area contributed by atoms with Crippen molar-refractivity contribution in [1.82, 2.24) is 0 Å². The first-order valence-corrected chi connectivity index (χ1v) is 6.77. The van der Waals surface area contributed by atoms with E-state index in [4.69, 9.17) is 4.74 Å². The van der Waals surface area contributed by atoms with E-state index < -0.39 is 5.97 Å². The molecular weight excluding hydrogens is 240 g/mol. The van der Waals surface area contributed by atoms with E-state index in [1.54, 1.807) is 0 Å². The number of hydrogen-bond donors (Lipinski definition) is 1. The number of hydrogen-bond acceptors (Lipinski definition) is 2. The van der Waals surface area contributed by atoms with Crippen molar-refractivity contribution in [3.8, 4) is 0 Å². The van der Waals surface area contributed by atoms with Crippen LogP contribution >= 0.6 is 0 Å². The molecule has 104 valence electrons. The lowest BCUT2D eigenvalue weighted by atomic mass is 9.66. The molecule has 0 amide bonds. The summed E-state index contributed by atoms with van der Waals surface area (Å²) in [6, 6.07) is 8.12. The van der Waals surface area contributed by atoms with Crippen LogP contribution in [0, 0.1) is 6.92 Å². The van der Waals surface area contributed by atoms with Crippen LogP contribution in [0.4, 0.5) is 0 Å². The van der Waals surface area contributed by atoms with Crippen LogP contribution in [0.15, 0.2) is 24.3 Å². The lowest BCUT2D eigenvalue weighted by molar-refractivity contribution is -0.142. The molecule has 2 rings (SSSR count). The zero-order chi connectivity index (χ0) is 14.1. The molecule has 1 aliphatic rings. The van der Waals surface area contributed by atoms with Gasteiger partial charge in [-0.2, -0.15) is 0 Å². The van der Waals surface area contributed by atoms with E-state index in [-0.39, 0.29) is 17.4 Å². The Morgan fingerprint density at radius 2 is 2.05 bits per heavy atom. The summed E-state index contributed by atoms with van der Waals surface area (Å²) in [4.78, 5) is 11.3. The molecule has 3 heteroatoms. The highest BCUT2D eigenvalue weighted by molar-refractivity contribution is 5.69. The Hall–Kier alpha value is -1.35. The molecular formula is C16H22O3. The Morgan fingerprint density at radius 3 is 2.63 bits per heavy atom. The first-order chi connectivity index (χ1) is 8.85. The quantitative estimate of drug-likeness (QED) is 0.909. The minimum absolute atomic E-state index is 0.171. The van der Waals surface area contributed by atoms with Crippen molar-refractivity contribution < 1.29 is 14.6 Å². The van der Waals surface area contributed by atoms with Gasteiger partial charge >= 0.3 is 5.97 Å². The number of ether oxygens (including phenoxy) is 1. The Balaban J connectivity index is 2.46. The number of aryl methyl sites for hydroxylation is 1. The number of rotatable bonds is 3. The Morgan fingerprint density at radius 1 is 1.37 bits per heavy atom. The highest BCUT2D eigenvalue weighted by Gasteiger charge is 2.44. The van der Waals surface area contributed by atoms with Gasteiger partial charge in [0.1, 0.15) is 0 Å². The summed E-state index contributed by atoms with van der Waals surface area (Å²) >= 11 is 0. The van der Waals surface area contributed by atoms with Crippen molar-refractivity contribution in [3.63, 3.8) is 0 Å². The normalized spacial score (nSPS) is 26.1. The molecule has 0 unspecified atom stereocenters. The van der Waals surface area contributed by atoms with E-state index in [2.05, 4.69) is 19.1 Å². The number of benzene rings is 1. The number of carboxylic acid groups (broad SMARTS) is 1. The van der Waals surface area contributed by atoms with Gasteiger partial charge in [0.05, 0.1) is 12.0 Å². The second kappa shape index (κ2) is 4.97. The largest absolute Gasteiger partial charge is 0.481 e. The Kier molecular flexibility index (Phi) is 3.68. The first-order valence-electron chi connectivity index (χ1n) is 6.77. The highest BCUT2D eigenvalue weighted by Crippen LogP contribution is 2.45. The van der Waals surface area contributed by atoms with Gasteiger partial charge in [0, 0.05) is 12.0 Å². The molecule has 0 saturated carbocycles. The predicted molar refractivity (Wildman–Crippen MR) is 74.4 cm³/mol. The van der Waals surface area contributed by atoms with E-state index in [1.807, 2.05) is 26.0 Å². The smallest absolute Gasteiger partial charge is 0.304 e. The molecule has 0 aliphatic carbocycles. The van der Waals surface area contributed by atoms with Crippen LogP contribution in [0.1, 0.15) is 44.2 Å². The predicted octanol–water partition coefficient (Wildman–Crippen LogP) is 3.30. The van der Waals surface area contributed by atoms with Crippen molar-refractivity contribution in [2.75, 3.05) is 6.61 Å². The second-order valence-corrected chi connectivity index (χ2v) is 6.20. The lowest BCUT2D eigenvalue weighted by Crippen LogP contribution is -2.45. The van der Waals surface area contributed by atoms with Gasteiger partial charge in [0.2, 0.25) is 0 Å². The lowest BCUT2D eigenvalue weighted by Gasteiger charge is -2.45. The van der Waals surface area contributed by atoms with Crippen molar-refractivity contribution in [2.45, 2.75) is 51.0 Å². The molecule has 0 spiro atoms. The fourth-order valence-corrected chi connectivity index (χ4v) is 3.41. The van der Waals surface area contributed by atoms with Crippen LogP contribution in [-0.4, -0.2) is 23.3 Å². The van der Waals surface area contributed by atoms with Gasteiger partial charge < -0.3 is 9.84 Å².